The van der Waals surface area contributed by atoms with Gasteiger partial charge >= 0.3 is 0 Å². The van der Waals surface area contributed by atoms with E-state index in [1.807, 2.05) is 0 Å². The summed E-state index contributed by atoms with van der Waals surface area (Å²) in [5, 5.41) is 9.54. The zero-order valence-corrected chi connectivity index (χ0v) is 12.7. The third-order valence-electron chi connectivity index (χ3n) is 3.71. The lowest BCUT2D eigenvalue weighted by molar-refractivity contribution is 0.123. The van der Waals surface area contributed by atoms with E-state index in [0.717, 1.165) is 25.0 Å². The molecule has 1 N–H and O–H groups in total. The predicted octanol–water partition coefficient (Wildman–Crippen LogP) is 2.26. The van der Waals surface area contributed by atoms with E-state index in [4.69, 9.17) is 11.6 Å². The third kappa shape index (κ3) is 3.14. The molecule has 1 aliphatic rings. The van der Waals surface area contributed by atoms with Crippen LogP contribution in [-0.4, -0.2) is 37.5 Å². The number of hydrogen-bond donors (Lipinski definition) is 1. The summed E-state index contributed by atoms with van der Waals surface area (Å²) in [5.74, 6) is -0.704. The molecule has 1 saturated carbocycles. The van der Waals surface area contributed by atoms with Crippen molar-refractivity contribution < 1.29 is 17.9 Å². The maximum atomic E-state index is 13.1. The summed E-state index contributed by atoms with van der Waals surface area (Å²) in [6.07, 6.45) is 1.97. The quantitative estimate of drug-likeness (QED) is 0.925. The van der Waals surface area contributed by atoms with Gasteiger partial charge in [-0.2, -0.15) is 0 Å². The van der Waals surface area contributed by atoms with E-state index in [2.05, 4.69) is 0 Å². The van der Waals surface area contributed by atoms with E-state index < -0.39 is 21.9 Å². The highest BCUT2D eigenvalue weighted by Crippen LogP contribution is 2.28. The Balaban J connectivity index is 2.18. The van der Waals surface area contributed by atoms with Crippen LogP contribution >= 0.6 is 11.6 Å². The Morgan fingerprint density at radius 3 is 2.70 bits per heavy atom. The molecule has 2 unspecified atom stereocenters. The molecular formula is C13H17ClFNO3S. The van der Waals surface area contributed by atoms with Crippen molar-refractivity contribution in [3.8, 4) is 0 Å². The Labute approximate surface area is 123 Å². The normalized spacial score (nSPS) is 23.4. The first kappa shape index (κ1) is 15.7. The van der Waals surface area contributed by atoms with E-state index in [-0.39, 0.29) is 22.4 Å². The first-order valence-electron chi connectivity index (χ1n) is 6.42. The molecule has 0 bridgehead atoms. The lowest BCUT2D eigenvalue weighted by atomic mass is 10.1. The Hall–Kier alpha value is -0.690. The Kier molecular flexibility index (Phi) is 4.69. The molecule has 0 aromatic heterocycles. The van der Waals surface area contributed by atoms with Gasteiger partial charge < -0.3 is 5.11 Å². The van der Waals surface area contributed by atoms with Crippen molar-refractivity contribution in [2.45, 2.75) is 30.3 Å². The Morgan fingerprint density at radius 1 is 1.45 bits per heavy atom. The number of aliphatic hydroxyl groups is 1. The highest BCUT2D eigenvalue weighted by Gasteiger charge is 2.30. The second kappa shape index (κ2) is 5.97. The van der Waals surface area contributed by atoms with Crippen LogP contribution in [0.2, 0.25) is 5.02 Å². The van der Waals surface area contributed by atoms with Gasteiger partial charge in [0.05, 0.1) is 16.0 Å². The maximum Gasteiger partial charge on any atom is 0.242 e. The zero-order valence-electron chi connectivity index (χ0n) is 11.1. The largest absolute Gasteiger partial charge is 0.393 e. The molecule has 112 valence electrons. The monoisotopic (exact) mass is 321 g/mol. The molecule has 1 aromatic rings. The molecule has 2 atom stereocenters. The molecule has 0 radical (unpaired) electrons. The number of nitrogens with zero attached hydrogens (tertiary/aromatic N) is 1. The van der Waals surface area contributed by atoms with Crippen LogP contribution in [-0.2, 0) is 10.0 Å². The van der Waals surface area contributed by atoms with E-state index in [1.54, 1.807) is 0 Å². The maximum absolute atomic E-state index is 13.1. The zero-order chi connectivity index (χ0) is 14.9. The number of halogens is 2. The highest BCUT2D eigenvalue weighted by atomic mass is 35.5. The third-order valence-corrected chi connectivity index (χ3v) is 5.82. The number of sulfonamides is 1. The van der Waals surface area contributed by atoms with Crippen molar-refractivity contribution in [2.24, 2.45) is 5.92 Å². The molecule has 0 saturated heterocycles. The van der Waals surface area contributed by atoms with Crippen molar-refractivity contribution in [3.63, 3.8) is 0 Å². The SMILES string of the molecule is CN(CC1CCCC1O)S(=O)(=O)c1ccc(F)c(Cl)c1. The summed E-state index contributed by atoms with van der Waals surface area (Å²) < 4.78 is 39.0. The van der Waals surface area contributed by atoms with Crippen molar-refractivity contribution in [1.29, 1.82) is 0 Å². The van der Waals surface area contributed by atoms with Crippen molar-refractivity contribution in [1.82, 2.24) is 4.31 Å². The Bertz CT molecular complexity index is 593. The van der Waals surface area contributed by atoms with Gasteiger partial charge in [0, 0.05) is 13.6 Å². The van der Waals surface area contributed by atoms with Gasteiger partial charge in [-0.15, -0.1) is 0 Å². The van der Waals surface area contributed by atoms with Crippen LogP contribution in [0.25, 0.3) is 0 Å². The Morgan fingerprint density at radius 2 is 2.15 bits per heavy atom. The van der Waals surface area contributed by atoms with E-state index >= 15 is 0 Å². The van der Waals surface area contributed by atoms with Gasteiger partial charge in [0.1, 0.15) is 5.82 Å². The van der Waals surface area contributed by atoms with Crippen LogP contribution in [0.4, 0.5) is 4.39 Å². The second-order valence-corrected chi connectivity index (χ2v) is 7.57. The average molecular weight is 322 g/mol. The molecule has 0 heterocycles. The van der Waals surface area contributed by atoms with Gasteiger partial charge in [-0.05, 0) is 37.0 Å². The highest BCUT2D eigenvalue weighted by molar-refractivity contribution is 7.89. The lowest BCUT2D eigenvalue weighted by Gasteiger charge is -2.23. The number of aliphatic hydroxyl groups excluding tert-OH is 1. The van der Waals surface area contributed by atoms with E-state index in [9.17, 15) is 17.9 Å². The molecule has 1 fully saturated rings. The van der Waals surface area contributed by atoms with Gasteiger partial charge in [-0.25, -0.2) is 17.1 Å². The first-order valence-corrected chi connectivity index (χ1v) is 8.23. The predicted molar refractivity (Wildman–Crippen MR) is 74.6 cm³/mol. The molecule has 7 heteroatoms. The number of hydrogen-bond acceptors (Lipinski definition) is 3. The summed E-state index contributed by atoms with van der Waals surface area (Å²) in [6.45, 7) is 0.249. The van der Waals surface area contributed by atoms with Crippen LogP contribution in [0, 0.1) is 11.7 Å². The standard InChI is InChI=1S/C13H17ClFNO3S/c1-16(8-9-3-2-4-13(9)17)20(18,19)10-5-6-12(15)11(14)7-10/h5-7,9,13,17H,2-4,8H2,1H3. The van der Waals surface area contributed by atoms with Gasteiger partial charge in [0.25, 0.3) is 0 Å². The van der Waals surface area contributed by atoms with Crippen LogP contribution in [0.15, 0.2) is 23.1 Å². The van der Waals surface area contributed by atoms with Gasteiger partial charge in [0.15, 0.2) is 0 Å². The molecular weight excluding hydrogens is 305 g/mol. The van der Waals surface area contributed by atoms with Gasteiger partial charge in [-0.3, -0.25) is 0 Å². The minimum absolute atomic E-state index is 0.0427. The molecule has 0 amide bonds. The fourth-order valence-corrected chi connectivity index (χ4v) is 3.98. The van der Waals surface area contributed by atoms with Crippen LogP contribution < -0.4 is 0 Å². The smallest absolute Gasteiger partial charge is 0.242 e. The topological polar surface area (TPSA) is 57.6 Å². The van der Waals surface area contributed by atoms with Crippen molar-refractivity contribution in [3.05, 3.63) is 29.0 Å². The molecule has 0 aliphatic heterocycles. The summed E-state index contributed by atoms with van der Waals surface area (Å²) >= 11 is 5.62. The van der Waals surface area contributed by atoms with Gasteiger partial charge in [0.2, 0.25) is 10.0 Å². The summed E-state index contributed by atoms with van der Waals surface area (Å²) in [7, 11) is -2.26. The average Bonchev–Trinajstić information content (AvgIpc) is 2.78. The lowest BCUT2D eigenvalue weighted by Crippen LogP contribution is -2.34. The first-order chi connectivity index (χ1) is 9.32. The summed E-state index contributed by atoms with van der Waals surface area (Å²) in [4.78, 5) is -0.0427. The van der Waals surface area contributed by atoms with Crippen molar-refractivity contribution in [2.75, 3.05) is 13.6 Å². The second-order valence-electron chi connectivity index (χ2n) is 5.12. The molecule has 0 spiro atoms. The minimum Gasteiger partial charge on any atom is -0.393 e. The minimum atomic E-state index is -3.72. The summed E-state index contributed by atoms with van der Waals surface area (Å²) in [6, 6.07) is 3.33. The van der Waals surface area contributed by atoms with E-state index in [0.29, 0.717) is 6.42 Å². The molecule has 4 nitrogen and oxygen atoms in total. The molecule has 20 heavy (non-hydrogen) atoms. The molecule has 1 aliphatic carbocycles. The van der Waals surface area contributed by atoms with Crippen LogP contribution in [0.1, 0.15) is 19.3 Å². The van der Waals surface area contributed by atoms with E-state index in [1.165, 1.54) is 17.4 Å². The fourth-order valence-electron chi connectivity index (χ4n) is 2.48. The van der Waals surface area contributed by atoms with Gasteiger partial charge in [-0.1, -0.05) is 18.0 Å². The molecule has 1 aromatic carbocycles. The fraction of sp³-hybridized carbons (Fsp3) is 0.538. The number of benzene rings is 1. The molecule has 2 rings (SSSR count). The van der Waals surface area contributed by atoms with Crippen LogP contribution in [0.3, 0.4) is 0 Å². The van der Waals surface area contributed by atoms with Crippen molar-refractivity contribution >= 4 is 21.6 Å². The summed E-state index contributed by atoms with van der Waals surface area (Å²) in [5.41, 5.74) is 0. The number of rotatable bonds is 4. The van der Waals surface area contributed by atoms with Crippen LogP contribution in [0.5, 0.6) is 0 Å².